The second kappa shape index (κ2) is 11.3. The normalized spacial score (nSPS) is 19.8. The molecule has 1 saturated heterocycles. The number of carboxylic acids is 1. The van der Waals surface area contributed by atoms with Crippen molar-refractivity contribution in [3.05, 3.63) is 72.8 Å². The number of amides is 2. The first-order valence-corrected chi connectivity index (χ1v) is 12.6. The predicted octanol–water partition coefficient (Wildman–Crippen LogP) is 3.88. The van der Waals surface area contributed by atoms with Gasteiger partial charge >= 0.3 is 5.97 Å². The number of nitrogens with one attached hydrogen (secondary N) is 1. The quantitative estimate of drug-likeness (QED) is 0.168. The van der Waals surface area contributed by atoms with E-state index in [1.165, 1.54) is 26.5 Å². The molecular weight excluding hydrogens is 474 g/mol. The lowest BCUT2D eigenvalue weighted by molar-refractivity contribution is -0.161. The van der Waals surface area contributed by atoms with Crippen LogP contribution in [-0.2, 0) is 14.4 Å². The molecule has 2 aromatic rings. The van der Waals surface area contributed by atoms with Gasteiger partial charge in [0.1, 0.15) is 17.7 Å². The number of carbonyl (C=O) groups excluding carboxylic acids is 2. The highest BCUT2D eigenvalue weighted by molar-refractivity contribution is 8.82. The van der Waals surface area contributed by atoms with Crippen molar-refractivity contribution in [2.24, 2.45) is 4.99 Å². The Morgan fingerprint density at radius 2 is 1.76 bits per heavy atom. The van der Waals surface area contributed by atoms with Gasteiger partial charge in [0, 0.05) is 0 Å². The number of hydrogen-bond donors (Lipinski definition) is 2. The summed E-state index contributed by atoms with van der Waals surface area (Å²) in [6.07, 6.45) is 0. The molecule has 0 aliphatic carbocycles. The van der Waals surface area contributed by atoms with Crippen LogP contribution in [0, 0.1) is 0 Å². The van der Waals surface area contributed by atoms with Crippen LogP contribution in [0.5, 0.6) is 5.75 Å². The van der Waals surface area contributed by atoms with E-state index in [0.29, 0.717) is 16.4 Å². The van der Waals surface area contributed by atoms with Crippen molar-refractivity contribution >= 4 is 50.1 Å². The number of carboxylic acid groups (broad SMARTS) is 1. The van der Waals surface area contributed by atoms with Crippen LogP contribution in [-0.4, -0.2) is 56.9 Å². The van der Waals surface area contributed by atoms with Crippen LogP contribution in [0.3, 0.4) is 0 Å². The first-order valence-electron chi connectivity index (χ1n) is 10.4. The lowest BCUT2D eigenvalue weighted by Crippen LogP contribution is -2.80. The summed E-state index contributed by atoms with van der Waals surface area (Å²) in [5.41, 5.74) is -0.266. The number of rotatable bonds is 10. The standard InChI is InChI=1S/C24H25N3O5S2/c1-16(2)24(26-20(28)15-32-19-12-8-5-9-13-19)22(31)27(14-21(29)30)23(24)34-33-17(3)25-18-10-6-4-7-11-18/h4-13,23H,1,14-15H2,2-3H3,(H,26,28)(H,29,30). The van der Waals surface area contributed by atoms with Gasteiger partial charge in [0.2, 0.25) is 0 Å². The van der Waals surface area contributed by atoms with Gasteiger partial charge in [0.15, 0.2) is 12.1 Å². The first-order chi connectivity index (χ1) is 16.2. The van der Waals surface area contributed by atoms with E-state index in [2.05, 4.69) is 16.9 Å². The fourth-order valence-electron chi connectivity index (χ4n) is 3.39. The maximum atomic E-state index is 13.1. The molecule has 0 bridgehead atoms. The number of likely N-dealkylation sites (tertiary alicyclic amines) is 1. The average molecular weight is 500 g/mol. The van der Waals surface area contributed by atoms with Crippen molar-refractivity contribution in [2.75, 3.05) is 13.2 Å². The maximum Gasteiger partial charge on any atom is 0.323 e. The Bertz CT molecular complexity index is 1090. The van der Waals surface area contributed by atoms with Crippen molar-refractivity contribution in [3.8, 4) is 5.75 Å². The number of aliphatic carboxylic acids is 1. The third-order valence-corrected chi connectivity index (χ3v) is 7.76. The van der Waals surface area contributed by atoms with E-state index in [-0.39, 0.29) is 6.61 Å². The monoisotopic (exact) mass is 499 g/mol. The number of nitrogens with zero attached hydrogens (tertiary/aromatic N) is 2. The van der Waals surface area contributed by atoms with Crippen molar-refractivity contribution in [1.29, 1.82) is 0 Å². The summed E-state index contributed by atoms with van der Waals surface area (Å²) in [5, 5.41) is 12.1. The Kier molecular flexibility index (Phi) is 8.41. The van der Waals surface area contributed by atoms with Gasteiger partial charge in [-0.2, -0.15) is 0 Å². The molecule has 2 amide bonds. The lowest BCUT2D eigenvalue weighted by Gasteiger charge is -2.55. The van der Waals surface area contributed by atoms with Gasteiger partial charge in [-0.25, -0.2) is 4.99 Å². The molecule has 2 aromatic carbocycles. The number of benzene rings is 2. The lowest BCUT2D eigenvalue weighted by atomic mass is 9.81. The van der Waals surface area contributed by atoms with Gasteiger partial charge in [-0.05, 0) is 54.5 Å². The molecule has 1 aliphatic heterocycles. The maximum absolute atomic E-state index is 13.1. The Hall–Kier alpha value is -3.24. The summed E-state index contributed by atoms with van der Waals surface area (Å²) in [7, 11) is 2.55. The highest BCUT2D eigenvalue weighted by Crippen LogP contribution is 2.47. The molecule has 0 radical (unpaired) electrons. The third-order valence-electron chi connectivity index (χ3n) is 4.98. The fraction of sp³-hybridized carbons (Fsp3) is 0.250. The van der Waals surface area contributed by atoms with Crippen LogP contribution in [0.1, 0.15) is 13.8 Å². The molecule has 178 valence electrons. The van der Waals surface area contributed by atoms with E-state index >= 15 is 0 Å². The van der Waals surface area contributed by atoms with Gasteiger partial charge in [0.05, 0.1) is 10.7 Å². The molecule has 0 saturated carbocycles. The first kappa shape index (κ1) is 25.4. The Balaban J connectivity index is 1.76. The molecule has 34 heavy (non-hydrogen) atoms. The second-order valence-corrected chi connectivity index (χ2v) is 10.0. The van der Waals surface area contributed by atoms with E-state index in [9.17, 15) is 19.5 Å². The summed E-state index contributed by atoms with van der Waals surface area (Å²) in [6, 6.07) is 18.2. The number of aliphatic imine (C=N–C) groups is 1. The topological polar surface area (TPSA) is 108 Å². The smallest absolute Gasteiger partial charge is 0.323 e. The molecule has 8 nitrogen and oxygen atoms in total. The van der Waals surface area contributed by atoms with Gasteiger partial charge in [-0.15, -0.1) is 0 Å². The average Bonchev–Trinajstić information content (AvgIpc) is 2.81. The van der Waals surface area contributed by atoms with Gasteiger partial charge in [-0.1, -0.05) is 53.8 Å². The largest absolute Gasteiger partial charge is 0.484 e. The van der Waals surface area contributed by atoms with Gasteiger partial charge < -0.3 is 20.1 Å². The van der Waals surface area contributed by atoms with Crippen LogP contribution >= 0.6 is 21.6 Å². The van der Waals surface area contributed by atoms with Crippen molar-refractivity contribution in [2.45, 2.75) is 24.8 Å². The SMILES string of the molecule is C=C(C)C1(NC(=O)COc2ccccc2)C(=O)N(CC(=O)O)C1SSC(C)=Nc1ccccc1. The van der Waals surface area contributed by atoms with E-state index in [4.69, 9.17) is 4.74 Å². The van der Waals surface area contributed by atoms with Crippen LogP contribution in [0.15, 0.2) is 77.8 Å². The third kappa shape index (κ3) is 5.81. The molecule has 2 N–H and O–H groups in total. The van der Waals surface area contributed by atoms with Gasteiger partial charge in [-0.3, -0.25) is 14.4 Å². The molecule has 1 fully saturated rings. The Labute approximate surface area is 205 Å². The van der Waals surface area contributed by atoms with Crippen LogP contribution in [0.4, 0.5) is 5.69 Å². The molecule has 10 heteroatoms. The van der Waals surface area contributed by atoms with Crippen molar-refractivity contribution in [1.82, 2.24) is 10.2 Å². The molecule has 2 unspecified atom stereocenters. The summed E-state index contributed by atoms with van der Waals surface area (Å²) >= 11 is 0. The zero-order valence-electron chi connectivity index (χ0n) is 18.8. The molecule has 2 atom stereocenters. The minimum Gasteiger partial charge on any atom is -0.484 e. The van der Waals surface area contributed by atoms with E-state index < -0.39 is 35.2 Å². The minimum absolute atomic E-state index is 0.301. The Morgan fingerprint density at radius 3 is 2.35 bits per heavy atom. The minimum atomic E-state index is -1.45. The highest BCUT2D eigenvalue weighted by atomic mass is 33.1. The molecular formula is C24H25N3O5S2. The zero-order chi connectivity index (χ0) is 24.7. The number of para-hydroxylation sites is 2. The van der Waals surface area contributed by atoms with Crippen LogP contribution in [0.2, 0.25) is 0 Å². The van der Waals surface area contributed by atoms with Crippen molar-refractivity contribution < 1.29 is 24.2 Å². The predicted molar refractivity (Wildman–Crippen MR) is 135 cm³/mol. The molecule has 0 spiro atoms. The summed E-state index contributed by atoms with van der Waals surface area (Å²) in [5.74, 6) is -1.66. The summed E-state index contributed by atoms with van der Waals surface area (Å²) < 4.78 is 5.50. The fourth-order valence-corrected chi connectivity index (χ4v) is 6.09. The van der Waals surface area contributed by atoms with Crippen LogP contribution < -0.4 is 10.1 Å². The molecule has 1 aliphatic rings. The van der Waals surface area contributed by atoms with Gasteiger partial charge in [0.25, 0.3) is 11.8 Å². The van der Waals surface area contributed by atoms with Crippen molar-refractivity contribution in [3.63, 3.8) is 0 Å². The van der Waals surface area contributed by atoms with E-state index in [1.54, 1.807) is 31.2 Å². The molecule has 3 rings (SSSR count). The number of carbonyl (C=O) groups is 3. The number of hydrogen-bond acceptors (Lipinski definition) is 7. The summed E-state index contributed by atoms with van der Waals surface area (Å²) in [4.78, 5) is 42.9. The number of β-lactam (4-membered cyclic amide) rings is 1. The Morgan fingerprint density at radius 1 is 1.15 bits per heavy atom. The molecule has 1 heterocycles. The van der Waals surface area contributed by atoms with E-state index in [0.717, 1.165) is 5.69 Å². The van der Waals surface area contributed by atoms with Crippen LogP contribution in [0.25, 0.3) is 0 Å². The molecule has 0 aromatic heterocycles. The van der Waals surface area contributed by atoms with E-state index in [1.807, 2.05) is 43.3 Å². The zero-order valence-corrected chi connectivity index (χ0v) is 20.4. The summed E-state index contributed by atoms with van der Waals surface area (Å²) in [6.45, 7) is 6.59. The second-order valence-electron chi connectivity index (χ2n) is 7.56. The highest BCUT2D eigenvalue weighted by Gasteiger charge is 2.63. The number of ether oxygens (including phenoxy) is 1.